The molecule has 4 nitrogen and oxygen atoms in total. The molecule has 0 radical (unpaired) electrons. The third kappa shape index (κ3) is 7.14. The van der Waals surface area contributed by atoms with Crippen LogP contribution in [0, 0.1) is 5.82 Å². The number of benzene rings is 2. The summed E-state index contributed by atoms with van der Waals surface area (Å²) in [5.41, 5.74) is 3.92. The number of hydrogen-bond donors (Lipinski definition) is 2. The molecule has 2 aliphatic rings. The highest BCUT2D eigenvalue weighted by Gasteiger charge is 2.29. The highest BCUT2D eigenvalue weighted by Crippen LogP contribution is 2.39. The standard InChI is InChI=1S/C30H42ClFN2O2/c1-29(2,21-5-6-27(32)28(19-21)34-25-9-15-36-16-10-25)11-12-30(3,4)22-17-23(31)20-26(18-22)33-24-7-13-35-14-8-24/h5-6,17-20,24-25,33-34H,7-16H2,1-4H3. The summed E-state index contributed by atoms with van der Waals surface area (Å²) in [7, 11) is 0. The van der Waals surface area contributed by atoms with Crippen molar-refractivity contribution in [2.75, 3.05) is 37.1 Å². The van der Waals surface area contributed by atoms with Crippen LogP contribution in [-0.2, 0) is 20.3 Å². The molecule has 0 aromatic heterocycles. The van der Waals surface area contributed by atoms with Crippen LogP contribution in [0.5, 0.6) is 0 Å². The number of hydrogen-bond acceptors (Lipinski definition) is 4. The predicted octanol–water partition coefficient (Wildman–Crippen LogP) is 7.70. The van der Waals surface area contributed by atoms with Crippen molar-refractivity contribution < 1.29 is 13.9 Å². The van der Waals surface area contributed by atoms with Gasteiger partial charge >= 0.3 is 0 Å². The van der Waals surface area contributed by atoms with Gasteiger partial charge in [-0.3, -0.25) is 0 Å². The van der Waals surface area contributed by atoms with Crippen molar-refractivity contribution in [1.29, 1.82) is 0 Å². The first kappa shape index (κ1) is 27.2. The Hall–Kier alpha value is -1.82. The largest absolute Gasteiger partial charge is 0.382 e. The van der Waals surface area contributed by atoms with E-state index < -0.39 is 0 Å². The van der Waals surface area contributed by atoms with Gasteiger partial charge in [0.1, 0.15) is 5.82 Å². The second-order valence-corrected chi connectivity index (χ2v) is 12.2. The summed E-state index contributed by atoms with van der Waals surface area (Å²) in [6, 6.07) is 12.6. The molecule has 2 fully saturated rings. The Labute approximate surface area is 221 Å². The Morgan fingerprint density at radius 2 is 1.33 bits per heavy atom. The Balaban J connectivity index is 1.44. The Morgan fingerprint density at radius 3 is 1.94 bits per heavy atom. The molecule has 2 aromatic rings. The number of anilines is 2. The number of rotatable bonds is 9. The van der Waals surface area contributed by atoms with Gasteiger partial charge < -0.3 is 20.1 Å². The summed E-state index contributed by atoms with van der Waals surface area (Å²) >= 11 is 6.56. The first-order chi connectivity index (χ1) is 17.1. The van der Waals surface area contributed by atoms with Gasteiger partial charge in [0.2, 0.25) is 0 Å². The van der Waals surface area contributed by atoms with Gasteiger partial charge in [-0.05, 0) is 90.8 Å². The van der Waals surface area contributed by atoms with Gasteiger partial charge in [0.15, 0.2) is 0 Å². The van der Waals surface area contributed by atoms with Crippen LogP contribution in [0.3, 0.4) is 0 Å². The summed E-state index contributed by atoms with van der Waals surface area (Å²) in [4.78, 5) is 0. The molecule has 0 saturated carbocycles. The summed E-state index contributed by atoms with van der Waals surface area (Å²) in [5.74, 6) is -0.190. The fourth-order valence-electron chi connectivity index (χ4n) is 5.17. The Kier molecular flexibility index (Phi) is 8.85. The quantitative estimate of drug-likeness (QED) is 0.358. The van der Waals surface area contributed by atoms with E-state index in [0.717, 1.165) is 81.2 Å². The van der Waals surface area contributed by atoms with Crippen molar-refractivity contribution in [1.82, 2.24) is 0 Å². The van der Waals surface area contributed by atoms with Crippen LogP contribution in [0.25, 0.3) is 0 Å². The zero-order valence-electron chi connectivity index (χ0n) is 22.3. The highest BCUT2D eigenvalue weighted by atomic mass is 35.5. The molecule has 0 atom stereocenters. The normalized spacial score (nSPS) is 18.3. The average molecular weight is 517 g/mol. The molecule has 2 aliphatic heterocycles. The van der Waals surface area contributed by atoms with Gasteiger partial charge in [-0.1, -0.05) is 45.4 Å². The summed E-state index contributed by atoms with van der Waals surface area (Å²) in [6.45, 7) is 12.2. The molecule has 4 rings (SSSR count). The molecule has 2 N–H and O–H groups in total. The van der Waals surface area contributed by atoms with E-state index in [4.69, 9.17) is 21.1 Å². The highest BCUT2D eigenvalue weighted by molar-refractivity contribution is 6.31. The van der Waals surface area contributed by atoms with E-state index in [0.29, 0.717) is 11.7 Å². The van der Waals surface area contributed by atoms with E-state index in [1.54, 1.807) is 6.07 Å². The van der Waals surface area contributed by atoms with E-state index in [2.05, 4.69) is 50.5 Å². The van der Waals surface area contributed by atoms with Crippen molar-refractivity contribution in [3.8, 4) is 0 Å². The number of nitrogens with one attached hydrogen (secondary N) is 2. The number of ether oxygens (including phenoxy) is 2. The molecule has 198 valence electrons. The molecule has 2 aromatic carbocycles. The molecular weight excluding hydrogens is 475 g/mol. The van der Waals surface area contributed by atoms with Crippen molar-refractivity contribution in [3.05, 3.63) is 58.4 Å². The van der Waals surface area contributed by atoms with Crippen LogP contribution >= 0.6 is 11.6 Å². The van der Waals surface area contributed by atoms with Crippen LogP contribution in [0.4, 0.5) is 15.8 Å². The topological polar surface area (TPSA) is 42.5 Å². The van der Waals surface area contributed by atoms with E-state index in [9.17, 15) is 4.39 Å². The zero-order chi connectivity index (χ0) is 25.8. The Bertz CT molecular complexity index is 1010. The molecule has 0 bridgehead atoms. The summed E-state index contributed by atoms with van der Waals surface area (Å²) in [6.07, 6.45) is 5.80. The first-order valence-electron chi connectivity index (χ1n) is 13.4. The third-order valence-corrected chi connectivity index (χ3v) is 8.19. The zero-order valence-corrected chi connectivity index (χ0v) is 23.0. The predicted molar refractivity (Wildman–Crippen MR) is 148 cm³/mol. The lowest BCUT2D eigenvalue weighted by Crippen LogP contribution is -2.29. The van der Waals surface area contributed by atoms with Crippen molar-refractivity contribution in [3.63, 3.8) is 0 Å². The lowest BCUT2D eigenvalue weighted by molar-refractivity contribution is 0.0903. The van der Waals surface area contributed by atoms with E-state index >= 15 is 0 Å². The van der Waals surface area contributed by atoms with E-state index in [-0.39, 0.29) is 22.7 Å². The fourth-order valence-corrected chi connectivity index (χ4v) is 5.41. The second-order valence-electron chi connectivity index (χ2n) is 11.8. The van der Waals surface area contributed by atoms with Crippen LogP contribution in [0.1, 0.15) is 77.3 Å². The van der Waals surface area contributed by atoms with Crippen molar-refractivity contribution in [2.45, 2.75) is 89.1 Å². The molecule has 2 heterocycles. The molecule has 2 saturated heterocycles. The smallest absolute Gasteiger partial charge is 0.146 e. The molecule has 6 heteroatoms. The fraction of sp³-hybridized carbons (Fsp3) is 0.600. The van der Waals surface area contributed by atoms with Crippen molar-refractivity contribution >= 4 is 23.0 Å². The minimum absolute atomic E-state index is 0.0581. The van der Waals surface area contributed by atoms with Crippen LogP contribution in [0.2, 0.25) is 5.02 Å². The first-order valence-corrected chi connectivity index (χ1v) is 13.8. The molecule has 0 spiro atoms. The van der Waals surface area contributed by atoms with Crippen LogP contribution in [0.15, 0.2) is 36.4 Å². The van der Waals surface area contributed by atoms with E-state index in [1.165, 1.54) is 5.56 Å². The maximum absolute atomic E-state index is 14.6. The molecule has 0 amide bonds. The van der Waals surface area contributed by atoms with Crippen LogP contribution < -0.4 is 10.6 Å². The third-order valence-electron chi connectivity index (χ3n) is 7.98. The summed E-state index contributed by atoms with van der Waals surface area (Å²) in [5, 5.41) is 7.84. The van der Waals surface area contributed by atoms with Gasteiger partial charge in [0, 0.05) is 49.2 Å². The summed E-state index contributed by atoms with van der Waals surface area (Å²) < 4.78 is 25.6. The lowest BCUT2D eigenvalue weighted by atomic mass is 9.72. The lowest BCUT2D eigenvalue weighted by Gasteiger charge is -2.33. The van der Waals surface area contributed by atoms with Gasteiger partial charge in [0.05, 0.1) is 5.69 Å². The molecule has 0 unspecified atom stereocenters. The maximum Gasteiger partial charge on any atom is 0.146 e. The second kappa shape index (κ2) is 11.7. The van der Waals surface area contributed by atoms with E-state index in [1.807, 2.05) is 18.2 Å². The van der Waals surface area contributed by atoms with Gasteiger partial charge in [0.25, 0.3) is 0 Å². The van der Waals surface area contributed by atoms with Gasteiger partial charge in [-0.15, -0.1) is 0 Å². The Morgan fingerprint density at radius 1 is 0.778 bits per heavy atom. The van der Waals surface area contributed by atoms with Crippen molar-refractivity contribution in [2.24, 2.45) is 0 Å². The molecule has 36 heavy (non-hydrogen) atoms. The average Bonchev–Trinajstić information content (AvgIpc) is 2.85. The SMILES string of the molecule is CC(C)(CCC(C)(C)c1ccc(F)c(NC2CCOCC2)c1)c1cc(Cl)cc(NC2CCOCC2)c1. The minimum Gasteiger partial charge on any atom is -0.382 e. The number of halogens is 2. The van der Waals surface area contributed by atoms with Gasteiger partial charge in [-0.2, -0.15) is 0 Å². The maximum atomic E-state index is 14.6. The molecular formula is C30H42ClFN2O2. The monoisotopic (exact) mass is 516 g/mol. The minimum atomic E-state index is -0.190. The van der Waals surface area contributed by atoms with Crippen LogP contribution in [-0.4, -0.2) is 38.5 Å². The molecule has 0 aliphatic carbocycles. The van der Waals surface area contributed by atoms with Gasteiger partial charge in [-0.25, -0.2) is 4.39 Å².